The highest BCUT2D eigenvalue weighted by Crippen LogP contribution is 2.14. The van der Waals surface area contributed by atoms with Gasteiger partial charge in [0.1, 0.15) is 5.56 Å². The van der Waals surface area contributed by atoms with Crippen LogP contribution in [0.3, 0.4) is 0 Å². The normalized spacial score (nSPS) is 11.3. The van der Waals surface area contributed by atoms with Gasteiger partial charge in [-0.2, -0.15) is 0 Å². The standard InChI is InChI=1S/C9H13N2O2/c1-9(2,3)11-8(13)6-4-5-10-7(6)12/h4-5,10H,1-3H3,(H,11,13). The first-order chi connectivity index (χ1) is 5.90. The van der Waals surface area contributed by atoms with Gasteiger partial charge in [0.25, 0.3) is 11.8 Å². The molecule has 0 fully saturated rings. The van der Waals surface area contributed by atoms with Crippen LogP contribution in [0.4, 0.5) is 0 Å². The van der Waals surface area contributed by atoms with E-state index < -0.39 is 0 Å². The van der Waals surface area contributed by atoms with Crippen LogP contribution in [0.5, 0.6) is 5.88 Å². The average Bonchev–Trinajstić information content (AvgIpc) is 2.30. The van der Waals surface area contributed by atoms with E-state index in [1.54, 1.807) is 0 Å². The van der Waals surface area contributed by atoms with Crippen molar-refractivity contribution < 1.29 is 9.90 Å². The first kappa shape index (κ1) is 9.64. The Bertz CT molecular complexity index is 310. The summed E-state index contributed by atoms with van der Waals surface area (Å²) in [5.41, 5.74) is -0.157. The Morgan fingerprint density at radius 3 is 2.46 bits per heavy atom. The molecular weight excluding hydrogens is 168 g/mol. The lowest BCUT2D eigenvalue weighted by atomic mass is 10.1. The van der Waals surface area contributed by atoms with Crippen LogP contribution in [-0.2, 0) is 5.11 Å². The number of aromatic nitrogens is 1. The van der Waals surface area contributed by atoms with Gasteiger partial charge in [-0.3, -0.25) is 9.90 Å². The molecule has 2 N–H and O–H groups in total. The third-order valence-corrected chi connectivity index (χ3v) is 1.44. The van der Waals surface area contributed by atoms with Crippen molar-refractivity contribution in [2.75, 3.05) is 0 Å². The molecular formula is C9H13N2O2. The quantitative estimate of drug-likeness (QED) is 0.680. The van der Waals surface area contributed by atoms with E-state index in [2.05, 4.69) is 10.3 Å². The molecule has 4 nitrogen and oxygen atoms in total. The van der Waals surface area contributed by atoms with Crippen LogP contribution in [0.1, 0.15) is 31.1 Å². The largest absolute Gasteiger partial charge is 0.347 e. The van der Waals surface area contributed by atoms with Crippen LogP contribution in [0.2, 0.25) is 0 Å². The molecule has 0 saturated heterocycles. The van der Waals surface area contributed by atoms with Crippen LogP contribution in [0, 0.1) is 0 Å². The number of rotatable bonds is 1. The Hall–Kier alpha value is -1.45. The van der Waals surface area contributed by atoms with E-state index in [0.717, 1.165) is 0 Å². The first-order valence-electron chi connectivity index (χ1n) is 4.07. The summed E-state index contributed by atoms with van der Waals surface area (Å²) in [6, 6.07) is 1.48. The summed E-state index contributed by atoms with van der Waals surface area (Å²) in [5, 5.41) is 13.7. The summed E-state index contributed by atoms with van der Waals surface area (Å²) in [5.74, 6) is -0.680. The van der Waals surface area contributed by atoms with Crippen LogP contribution in [0.25, 0.3) is 0 Å². The fourth-order valence-electron chi connectivity index (χ4n) is 0.941. The maximum atomic E-state index is 11.4. The Morgan fingerprint density at radius 2 is 2.08 bits per heavy atom. The molecule has 13 heavy (non-hydrogen) atoms. The molecule has 1 aromatic rings. The van der Waals surface area contributed by atoms with E-state index in [1.807, 2.05) is 20.8 Å². The van der Waals surface area contributed by atoms with Crippen molar-refractivity contribution in [2.24, 2.45) is 0 Å². The molecule has 71 valence electrons. The van der Waals surface area contributed by atoms with Crippen LogP contribution in [0.15, 0.2) is 12.3 Å². The van der Waals surface area contributed by atoms with E-state index in [1.165, 1.54) is 12.3 Å². The minimum Gasteiger partial charge on any atom is -0.347 e. The second kappa shape index (κ2) is 3.12. The molecule has 0 aliphatic rings. The van der Waals surface area contributed by atoms with Crippen molar-refractivity contribution in [3.63, 3.8) is 0 Å². The zero-order valence-corrected chi connectivity index (χ0v) is 7.97. The molecule has 0 spiro atoms. The van der Waals surface area contributed by atoms with Crippen LogP contribution >= 0.6 is 0 Å². The van der Waals surface area contributed by atoms with Gasteiger partial charge in [0.05, 0.1) is 0 Å². The van der Waals surface area contributed by atoms with Crippen LogP contribution in [-0.4, -0.2) is 16.4 Å². The number of carbonyl (C=O) groups is 1. The van der Waals surface area contributed by atoms with Crippen molar-refractivity contribution >= 4 is 5.91 Å². The summed E-state index contributed by atoms with van der Waals surface area (Å²) < 4.78 is 0. The number of carbonyl (C=O) groups excluding carboxylic acids is 1. The number of H-pyrrole nitrogens is 1. The highest BCUT2D eigenvalue weighted by molar-refractivity contribution is 5.96. The van der Waals surface area contributed by atoms with Gasteiger partial charge in [0.15, 0.2) is 0 Å². The third-order valence-electron chi connectivity index (χ3n) is 1.44. The predicted molar refractivity (Wildman–Crippen MR) is 48.1 cm³/mol. The van der Waals surface area contributed by atoms with Gasteiger partial charge >= 0.3 is 0 Å². The van der Waals surface area contributed by atoms with E-state index in [9.17, 15) is 9.90 Å². The SMILES string of the molecule is CC(C)(C)NC(=O)c1cc[nH]c1[O]. The lowest BCUT2D eigenvalue weighted by molar-refractivity contribution is 0.0915. The second-order valence-electron chi connectivity index (χ2n) is 3.92. The predicted octanol–water partition coefficient (Wildman–Crippen LogP) is 1.69. The van der Waals surface area contributed by atoms with Gasteiger partial charge in [-0.05, 0) is 26.8 Å². The minimum absolute atomic E-state index is 0.162. The fraction of sp³-hybridized carbons (Fsp3) is 0.444. The van der Waals surface area contributed by atoms with E-state index in [4.69, 9.17) is 0 Å². The zero-order chi connectivity index (χ0) is 10.1. The van der Waals surface area contributed by atoms with Gasteiger partial charge in [0.2, 0.25) is 0 Å². The third kappa shape index (κ3) is 2.50. The molecule has 1 aromatic heterocycles. The molecule has 4 heteroatoms. The smallest absolute Gasteiger partial charge is 0.260 e. The average molecular weight is 181 g/mol. The van der Waals surface area contributed by atoms with Gasteiger partial charge in [0, 0.05) is 11.7 Å². The summed E-state index contributed by atoms with van der Waals surface area (Å²) in [6.07, 6.45) is 1.46. The topological polar surface area (TPSA) is 64.8 Å². The minimum atomic E-state index is -0.346. The second-order valence-corrected chi connectivity index (χ2v) is 3.92. The molecule has 1 radical (unpaired) electrons. The fourth-order valence-corrected chi connectivity index (χ4v) is 0.941. The Morgan fingerprint density at radius 1 is 1.46 bits per heavy atom. The highest BCUT2D eigenvalue weighted by Gasteiger charge is 2.18. The maximum absolute atomic E-state index is 11.4. The van der Waals surface area contributed by atoms with Gasteiger partial charge in [-0.15, -0.1) is 0 Å². The molecule has 0 bridgehead atoms. The van der Waals surface area contributed by atoms with Crippen molar-refractivity contribution in [1.82, 2.24) is 10.3 Å². The van der Waals surface area contributed by atoms with Gasteiger partial charge < -0.3 is 10.3 Å². The molecule has 1 amide bonds. The first-order valence-corrected chi connectivity index (χ1v) is 4.07. The summed E-state index contributed by atoms with van der Waals surface area (Å²) >= 11 is 0. The molecule has 0 atom stereocenters. The highest BCUT2D eigenvalue weighted by atomic mass is 16.3. The van der Waals surface area contributed by atoms with E-state index in [0.29, 0.717) is 0 Å². The molecule has 1 rings (SSSR count). The monoisotopic (exact) mass is 181 g/mol. The molecule has 0 saturated carbocycles. The molecule has 1 heterocycles. The van der Waals surface area contributed by atoms with Crippen molar-refractivity contribution in [3.05, 3.63) is 17.8 Å². The Kier molecular flexibility index (Phi) is 2.32. The molecule has 0 aliphatic heterocycles. The number of hydrogen-bond acceptors (Lipinski definition) is 1. The molecule has 0 unspecified atom stereocenters. The number of amides is 1. The zero-order valence-electron chi connectivity index (χ0n) is 7.97. The van der Waals surface area contributed by atoms with Gasteiger partial charge in [-0.1, -0.05) is 0 Å². The van der Waals surface area contributed by atoms with Crippen LogP contribution < -0.4 is 5.32 Å². The Balaban J connectivity index is 2.76. The van der Waals surface area contributed by atoms with Crippen molar-refractivity contribution in [1.29, 1.82) is 0 Å². The maximum Gasteiger partial charge on any atom is 0.260 e. The lowest BCUT2D eigenvalue weighted by Crippen LogP contribution is -2.40. The summed E-state index contributed by atoms with van der Waals surface area (Å²) in [6.45, 7) is 5.59. The molecule has 0 aromatic carbocycles. The van der Waals surface area contributed by atoms with Gasteiger partial charge in [-0.25, -0.2) is 0 Å². The summed E-state index contributed by atoms with van der Waals surface area (Å²) in [7, 11) is 0. The molecule has 0 aliphatic carbocycles. The number of aromatic amines is 1. The van der Waals surface area contributed by atoms with E-state index >= 15 is 0 Å². The summed E-state index contributed by atoms with van der Waals surface area (Å²) in [4.78, 5) is 13.8. The number of hydrogen-bond donors (Lipinski definition) is 2. The number of nitrogens with one attached hydrogen (secondary N) is 2. The lowest BCUT2D eigenvalue weighted by Gasteiger charge is -2.19. The Labute approximate surface area is 77.0 Å². The van der Waals surface area contributed by atoms with Crippen molar-refractivity contribution in [3.8, 4) is 5.88 Å². The van der Waals surface area contributed by atoms with E-state index in [-0.39, 0.29) is 22.9 Å². The van der Waals surface area contributed by atoms with Crippen molar-refractivity contribution in [2.45, 2.75) is 26.3 Å².